The molecule has 2 aromatic carbocycles. The molecule has 5 nitrogen and oxygen atoms in total. The number of benzene rings is 2. The average molecular weight is 404 g/mol. The van der Waals surface area contributed by atoms with Crippen LogP contribution in [0.2, 0.25) is 0 Å². The van der Waals surface area contributed by atoms with E-state index >= 15 is 0 Å². The number of carbonyl (C=O) groups excluding carboxylic acids is 2. The molecule has 2 amide bonds. The van der Waals surface area contributed by atoms with Crippen LogP contribution in [0, 0.1) is 17.6 Å². The van der Waals surface area contributed by atoms with Crippen LogP contribution in [0.4, 0.5) is 13.6 Å². The van der Waals surface area contributed by atoms with Crippen LogP contribution in [0.3, 0.4) is 0 Å². The molecule has 0 radical (unpaired) electrons. The van der Waals surface area contributed by atoms with E-state index in [0.29, 0.717) is 12.0 Å². The molecule has 2 rings (SSSR count). The van der Waals surface area contributed by atoms with E-state index < -0.39 is 35.7 Å². The molecule has 0 spiro atoms. The Kier molecular flexibility index (Phi) is 8.12. The van der Waals surface area contributed by atoms with Crippen molar-refractivity contribution in [1.82, 2.24) is 10.6 Å². The Hall–Kier alpha value is -2.96. The van der Waals surface area contributed by atoms with Crippen molar-refractivity contribution in [2.45, 2.75) is 45.9 Å². The molecule has 0 aliphatic carbocycles. The molecule has 0 bridgehead atoms. The van der Waals surface area contributed by atoms with E-state index in [2.05, 4.69) is 10.6 Å². The van der Waals surface area contributed by atoms with Gasteiger partial charge in [0.15, 0.2) is 11.6 Å². The van der Waals surface area contributed by atoms with E-state index in [1.807, 2.05) is 44.2 Å². The van der Waals surface area contributed by atoms with E-state index in [1.165, 1.54) is 6.07 Å². The number of alkyl carbamates (subject to hydrolysis) is 1. The van der Waals surface area contributed by atoms with Crippen molar-refractivity contribution in [3.63, 3.8) is 0 Å². The van der Waals surface area contributed by atoms with Crippen LogP contribution in [-0.4, -0.2) is 18.0 Å². The topological polar surface area (TPSA) is 67.4 Å². The lowest BCUT2D eigenvalue weighted by molar-refractivity contribution is -0.124. The molecule has 29 heavy (non-hydrogen) atoms. The van der Waals surface area contributed by atoms with Gasteiger partial charge in [-0.3, -0.25) is 4.79 Å². The minimum absolute atomic E-state index is 0.0901. The van der Waals surface area contributed by atoms with Crippen molar-refractivity contribution < 1.29 is 23.1 Å². The first kappa shape index (κ1) is 22.3. The van der Waals surface area contributed by atoms with Gasteiger partial charge in [-0.15, -0.1) is 0 Å². The second kappa shape index (κ2) is 10.5. The van der Waals surface area contributed by atoms with Gasteiger partial charge in [0.2, 0.25) is 5.91 Å². The minimum Gasteiger partial charge on any atom is -0.445 e. The summed E-state index contributed by atoms with van der Waals surface area (Å²) >= 11 is 0. The Morgan fingerprint density at radius 1 is 1.00 bits per heavy atom. The summed E-state index contributed by atoms with van der Waals surface area (Å²) in [5.74, 6) is -2.51. The molecule has 0 heterocycles. The highest BCUT2D eigenvalue weighted by atomic mass is 19.2. The molecule has 7 heteroatoms. The fraction of sp³-hybridized carbons (Fsp3) is 0.364. The van der Waals surface area contributed by atoms with Gasteiger partial charge in [0.25, 0.3) is 0 Å². The average Bonchev–Trinajstić information content (AvgIpc) is 2.72. The zero-order valence-electron chi connectivity index (χ0n) is 16.7. The molecular formula is C22H26F2N2O3. The monoisotopic (exact) mass is 404 g/mol. The van der Waals surface area contributed by atoms with Crippen molar-refractivity contribution in [3.05, 3.63) is 71.3 Å². The fourth-order valence-electron chi connectivity index (χ4n) is 2.76. The Morgan fingerprint density at radius 3 is 2.31 bits per heavy atom. The molecule has 0 saturated carbocycles. The van der Waals surface area contributed by atoms with E-state index in [-0.39, 0.29) is 12.5 Å². The lowest BCUT2D eigenvalue weighted by Crippen LogP contribution is -2.50. The molecular weight excluding hydrogens is 378 g/mol. The smallest absolute Gasteiger partial charge is 0.408 e. The summed E-state index contributed by atoms with van der Waals surface area (Å²) in [6.45, 7) is 5.49. The van der Waals surface area contributed by atoms with E-state index in [9.17, 15) is 18.4 Å². The Balaban J connectivity index is 1.99. The SMILES string of the molecule is CCC(C)C(NC(=O)OCc1ccccc1)C(=O)NC(C)c1ccc(F)c(F)c1. The molecule has 0 saturated heterocycles. The molecule has 2 N–H and O–H groups in total. The highest BCUT2D eigenvalue weighted by molar-refractivity contribution is 5.86. The lowest BCUT2D eigenvalue weighted by atomic mass is 9.97. The molecule has 3 unspecified atom stereocenters. The van der Waals surface area contributed by atoms with Gasteiger partial charge in [-0.1, -0.05) is 56.7 Å². The number of halogens is 2. The predicted molar refractivity (Wildman–Crippen MR) is 106 cm³/mol. The molecule has 3 atom stereocenters. The molecule has 0 aliphatic rings. The van der Waals surface area contributed by atoms with Gasteiger partial charge in [0.1, 0.15) is 12.6 Å². The summed E-state index contributed by atoms with van der Waals surface area (Å²) < 4.78 is 31.8. The van der Waals surface area contributed by atoms with Crippen LogP contribution >= 0.6 is 0 Å². The van der Waals surface area contributed by atoms with Crippen molar-refractivity contribution in [3.8, 4) is 0 Å². The fourth-order valence-corrected chi connectivity index (χ4v) is 2.76. The summed E-state index contributed by atoms with van der Waals surface area (Å²) in [5.41, 5.74) is 1.26. The van der Waals surface area contributed by atoms with Gasteiger partial charge in [-0.25, -0.2) is 13.6 Å². The highest BCUT2D eigenvalue weighted by Crippen LogP contribution is 2.17. The maximum absolute atomic E-state index is 13.5. The summed E-state index contributed by atoms with van der Waals surface area (Å²) in [6, 6.07) is 11.3. The minimum atomic E-state index is -0.982. The lowest BCUT2D eigenvalue weighted by Gasteiger charge is -2.25. The second-order valence-electron chi connectivity index (χ2n) is 6.97. The van der Waals surface area contributed by atoms with Gasteiger partial charge in [-0.05, 0) is 36.1 Å². The number of hydrogen-bond acceptors (Lipinski definition) is 3. The van der Waals surface area contributed by atoms with Crippen LogP contribution in [0.15, 0.2) is 48.5 Å². The molecule has 156 valence electrons. The maximum Gasteiger partial charge on any atom is 0.408 e. The van der Waals surface area contributed by atoms with Gasteiger partial charge in [-0.2, -0.15) is 0 Å². The standard InChI is InChI=1S/C22H26F2N2O3/c1-4-14(2)20(26-22(28)29-13-16-8-6-5-7-9-16)21(27)25-15(3)17-10-11-18(23)19(24)12-17/h5-12,14-15,20H,4,13H2,1-3H3,(H,25,27)(H,26,28). The highest BCUT2D eigenvalue weighted by Gasteiger charge is 2.27. The van der Waals surface area contributed by atoms with Crippen molar-refractivity contribution in [2.24, 2.45) is 5.92 Å². The van der Waals surface area contributed by atoms with Crippen LogP contribution < -0.4 is 10.6 Å². The number of hydrogen-bond donors (Lipinski definition) is 2. The maximum atomic E-state index is 13.5. The first-order valence-electron chi connectivity index (χ1n) is 9.54. The summed E-state index contributed by atoms with van der Waals surface area (Å²) in [6.07, 6.45) is -0.0499. The van der Waals surface area contributed by atoms with E-state index in [0.717, 1.165) is 17.7 Å². The van der Waals surface area contributed by atoms with Crippen LogP contribution in [0.1, 0.15) is 44.4 Å². The zero-order chi connectivity index (χ0) is 21.4. The first-order valence-corrected chi connectivity index (χ1v) is 9.54. The Labute approximate surface area is 169 Å². The van der Waals surface area contributed by atoms with Crippen molar-refractivity contribution in [2.75, 3.05) is 0 Å². The van der Waals surface area contributed by atoms with Crippen LogP contribution in [0.5, 0.6) is 0 Å². The number of carbonyl (C=O) groups is 2. The largest absolute Gasteiger partial charge is 0.445 e. The van der Waals surface area contributed by atoms with Crippen molar-refractivity contribution >= 4 is 12.0 Å². The molecule has 2 aromatic rings. The first-order chi connectivity index (χ1) is 13.8. The van der Waals surface area contributed by atoms with Gasteiger partial charge in [0, 0.05) is 0 Å². The third kappa shape index (κ3) is 6.55. The number of rotatable bonds is 8. The van der Waals surface area contributed by atoms with Crippen molar-refractivity contribution in [1.29, 1.82) is 0 Å². The van der Waals surface area contributed by atoms with Gasteiger partial charge < -0.3 is 15.4 Å². The number of ether oxygens (including phenoxy) is 1. The molecule has 0 aromatic heterocycles. The number of nitrogens with one attached hydrogen (secondary N) is 2. The van der Waals surface area contributed by atoms with Crippen LogP contribution in [0.25, 0.3) is 0 Å². The van der Waals surface area contributed by atoms with Gasteiger partial charge in [0.05, 0.1) is 6.04 Å². The zero-order valence-corrected chi connectivity index (χ0v) is 16.7. The van der Waals surface area contributed by atoms with Gasteiger partial charge >= 0.3 is 6.09 Å². The second-order valence-corrected chi connectivity index (χ2v) is 6.97. The summed E-state index contributed by atoms with van der Waals surface area (Å²) in [7, 11) is 0. The Bertz CT molecular complexity index is 830. The quantitative estimate of drug-likeness (QED) is 0.682. The summed E-state index contributed by atoms with van der Waals surface area (Å²) in [5, 5.41) is 5.35. The third-order valence-electron chi connectivity index (χ3n) is 4.78. The predicted octanol–water partition coefficient (Wildman–Crippen LogP) is 4.48. The van der Waals surface area contributed by atoms with E-state index in [1.54, 1.807) is 6.92 Å². The summed E-state index contributed by atoms with van der Waals surface area (Å²) in [4.78, 5) is 24.9. The molecule has 0 aliphatic heterocycles. The Morgan fingerprint density at radius 2 is 1.69 bits per heavy atom. The molecule has 0 fully saturated rings. The van der Waals surface area contributed by atoms with Crippen LogP contribution in [-0.2, 0) is 16.1 Å². The number of amides is 2. The third-order valence-corrected chi connectivity index (χ3v) is 4.78. The van der Waals surface area contributed by atoms with E-state index in [4.69, 9.17) is 4.74 Å². The normalized spacial score (nSPS) is 13.8.